The molecule has 2 aliphatic rings. The fourth-order valence-corrected chi connectivity index (χ4v) is 4.69. The van der Waals surface area contributed by atoms with Crippen molar-refractivity contribution in [3.05, 3.63) is 58.9 Å². The maximum Gasteiger partial charge on any atom is 0.256 e. The average molecular weight is 462 g/mol. The van der Waals surface area contributed by atoms with Crippen molar-refractivity contribution in [3.8, 4) is 0 Å². The van der Waals surface area contributed by atoms with E-state index < -0.39 is 34.6 Å². The summed E-state index contributed by atoms with van der Waals surface area (Å²) in [6.45, 7) is 3.76. The van der Waals surface area contributed by atoms with Gasteiger partial charge in [-0.15, -0.1) is 0 Å². The second-order valence-corrected chi connectivity index (χ2v) is 9.38. The number of hydrogen-bond donors (Lipinski definition) is 3. The molecule has 8 heteroatoms. The number of amides is 1. The van der Waals surface area contributed by atoms with Gasteiger partial charge in [-0.05, 0) is 56.5 Å². The zero-order chi connectivity index (χ0) is 23.8. The lowest BCUT2D eigenvalue weighted by Crippen LogP contribution is -2.71. The molecule has 4 rings (SSSR count). The molecular weight excluding hydrogens is 431 g/mol. The predicted molar refractivity (Wildman–Crippen MR) is 121 cm³/mol. The molecule has 33 heavy (non-hydrogen) atoms. The Balaban J connectivity index is 1.49. The fourth-order valence-electron chi connectivity index (χ4n) is 4.69. The molecule has 0 aromatic heterocycles. The second-order valence-electron chi connectivity index (χ2n) is 9.38. The van der Waals surface area contributed by atoms with Gasteiger partial charge in [0.05, 0.1) is 30.0 Å². The van der Waals surface area contributed by atoms with Gasteiger partial charge in [0.1, 0.15) is 11.4 Å². The Hall–Kier alpha value is -2.58. The van der Waals surface area contributed by atoms with E-state index in [-0.39, 0.29) is 30.4 Å². The third kappa shape index (κ3) is 4.87. The number of benzene rings is 2. The Morgan fingerprint density at radius 2 is 1.79 bits per heavy atom. The van der Waals surface area contributed by atoms with Gasteiger partial charge in [0.15, 0.2) is 11.6 Å². The number of carbonyl (C=O) groups excluding carboxylic acids is 1. The van der Waals surface area contributed by atoms with Crippen LogP contribution in [-0.4, -0.2) is 46.7 Å². The first-order valence-corrected chi connectivity index (χ1v) is 11.5. The molecule has 1 aliphatic carbocycles. The van der Waals surface area contributed by atoms with Crippen molar-refractivity contribution in [2.45, 2.75) is 63.6 Å². The minimum atomic E-state index is -1.26. The number of likely N-dealkylation sites (tertiary alicyclic amines) is 1. The average Bonchev–Trinajstić information content (AvgIpc) is 2.76. The molecule has 2 aromatic rings. The third-order valence-electron chi connectivity index (χ3n) is 6.82. The van der Waals surface area contributed by atoms with E-state index in [4.69, 9.17) is 0 Å². The van der Waals surface area contributed by atoms with Crippen LogP contribution in [0.15, 0.2) is 30.3 Å². The summed E-state index contributed by atoms with van der Waals surface area (Å²) in [7, 11) is 0. The Bertz CT molecular complexity index is 1030. The molecule has 1 saturated heterocycles. The summed E-state index contributed by atoms with van der Waals surface area (Å²) in [5, 5.41) is 17.0. The van der Waals surface area contributed by atoms with Crippen LogP contribution in [0.4, 0.5) is 24.5 Å². The molecule has 0 spiro atoms. The van der Waals surface area contributed by atoms with Crippen LogP contribution in [0.3, 0.4) is 0 Å². The minimum absolute atomic E-state index is 0.0652. The number of aryl methyl sites for hydroxylation is 1. The molecule has 1 aliphatic heterocycles. The van der Waals surface area contributed by atoms with Crippen LogP contribution in [0.2, 0.25) is 0 Å². The number of rotatable bonds is 6. The summed E-state index contributed by atoms with van der Waals surface area (Å²) in [5.41, 5.74) is -1.03. The highest BCUT2D eigenvalue weighted by Gasteiger charge is 2.48. The van der Waals surface area contributed by atoms with Gasteiger partial charge in [-0.2, -0.15) is 0 Å². The van der Waals surface area contributed by atoms with E-state index in [2.05, 4.69) is 10.6 Å². The Morgan fingerprint density at radius 1 is 1.09 bits per heavy atom. The molecule has 1 atom stereocenters. The smallest absolute Gasteiger partial charge is 0.256 e. The van der Waals surface area contributed by atoms with Crippen molar-refractivity contribution in [1.29, 1.82) is 0 Å². The number of nitrogens with one attached hydrogen (secondary N) is 2. The Labute approximate surface area is 192 Å². The van der Waals surface area contributed by atoms with Crippen molar-refractivity contribution < 1.29 is 23.1 Å². The first-order chi connectivity index (χ1) is 15.7. The van der Waals surface area contributed by atoms with E-state index in [1.807, 2.05) is 6.92 Å². The molecule has 2 fully saturated rings. The maximum absolute atomic E-state index is 14.7. The number of nitrogens with zero attached hydrogens (tertiary/aromatic N) is 1. The molecule has 178 valence electrons. The normalized spacial score (nSPS) is 19.2. The van der Waals surface area contributed by atoms with E-state index >= 15 is 0 Å². The van der Waals surface area contributed by atoms with Gasteiger partial charge in [0, 0.05) is 12.1 Å². The van der Waals surface area contributed by atoms with Crippen LogP contribution in [0.25, 0.3) is 0 Å². The van der Waals surface area contributed by atoms with E-state index in [0.717, 1.165) is 18.9 Å². The Morgan fingerprint density at radius 3 is 2.45 bits per heavy atom. The van der Waals surface area contributed by atoms with Crippen LogP contribution in [0.1, 0.15) is 54.9 Å². The first kappa shape index (κ1) is 23.6. The highest BCUT2D eigenvalue weighted by Crippen LogP contribution is 2.33. The van der Waals surface area contributed by atoms with Crippen LogP contribution in [0.5, 0.6) is 0 Å². The summed E-state index contributed by atoms with van der Waals surface area (Å²) >= 11 is 0. The number of halogens is 3. The fraction of sp³-hybridized carbons (Fsp3) is 0.480. The van der Waals surface area contributed by atoms with Crippen molar-refractivity contribution in [3.63, 3.8) is 0 Å². The molecule has 0 bridgehead atoms. The maximum atomic E-state index is 14.7. The highest BCUT2D eigenvalue weighted by atomic mass is 19.2. The summed E-state index contributed by atoms with van der Waals surface area (Å²) in [6.07, 6.45) is 5.71. The van der Waals surface area contributed by atoms with Crippen LogP contribution in [-0.2, 0) is 0 Å². The van der Waals surface area contributed by atoms with Gasteiger partial charge in [0.25, 0.3) is 5.91 Å². The summed E-state index contributed by atoms with van der Waals surface area (Å²) in [6, 6.07) is 6.49. The van der Waals surface area contributed by atoms with Crippen molar-refractivity contribution in [1.82, 2.24) is 10.2 Å². The number of β-amino-alcohol motifs (C(OH)–C–C–N with tert-alkyl or cyclic N) is 1. The lowest BCUT2D eigenvalue weighted by atomic mass is 9.84. The quantitative estimate of drug-likeness (QED) is 0.586. The minimum Gasteiger partial charge on any atom is -0.385 e. The second kappa shape index (κ2) is 9.35. The zero-order valence-electron chi connectivity index (χ0n) is 18.9. The van der Waals surface area contributed by atoms with Crippen molar-refractivity contribution in [2.75, 3.05) is 18.4 Å². The van der Waals surface area contributed by atoms with E-state index in [1.54, 1.807) is 13.0 Å². The van der Waals surface area contributed by atoms with E-state index in [1.165, 1.54) is 42.4 Å². The SMILES string of the molecule is Cc1ccc(Nc2c(C(=O)N3CC(O)(C(C)NC4CCCCC4)C3)ccc(F)c2F)c(F)c1. The monoisotopic (exact) mass is 461 g/mol. The van der Waals surface area contributed by atoms with Gasteiger partial charge < -0.3 is 20.6 Å². The number of hydrogen-bond acceptors (Lipinski definition) is 4. The largest absolute Gasteiger partial charge is 0.385 e. The molecule has 1 heterocycles. The molecule has 2 aromatic carbocycles. The summed E-state index contributed by atoms with van der Waals surface area (Å²) < 4.78 is 42.9. The van der Waals surface area contributed by atoms with Crippen LogP contribution >= 0.6 is 0 Å². The van der Waals surface area contributed by atoms with E-state index in [9.17, 15) is 23.1 Å². The van der Waals surface area contributed by atoms with Gasteiger partial charge in [-0.25, -0.2) is 13.2 Å². The molecule has 3 N–H and O–H groups in total. The topological polar surface area (TPSA) is 64.6 Å². The van der Waals surface area contributed by atoms with E-state index in [0.29, 0.717) is 11.6 Å². The molecule has 1 amide bonds. The van der Waals surface area contributed by atoms with Crippen LogP contribution < -0.4 is 10.6 Å². The molecule has 1 unspecified atom stereocenters. The van der Waals surface area contributed by atoms with Crippen molar-refractivity contribution >= 4 is 17.3 Å². The van der Waals surface area contributed by atoms with Gasteiger partial charge in [0.2, 0.25) is 0 Å². The molecule has 1 saturated carbocycles. The zero-order valence-corrected chi connectivity index (χ0v) is 18.9. The first-order valence-electron chi connectivity index (χ1n) is 11.5. The third-order valence-corrected chi connectivity index (χ3v) is 6.82. The van der Waals surface area contributed by atoms with Gasteiger partial charge in [-0.3, -0.25) is 4.79 Å². The number of aliphatic hydroxyl groups is 1. The molecular formula is C25H30F3N3O2. The molecule has 5 nitrogen and oxygen atoms in total. The lowest BCUT2D eigenvalue weighted by molar-refractivity contribution is -0.103. The molecule has 0 radical (unpaired) electrons. The summed E-state index contributed by atoms with van der Waals surface area (Å²) in [5.74, 6) is -3.60. The standard InChI is InChI=1S/C25H30F3N3O2/c1-15-8-11-21(20(27)12-15)30-23-18(9-10-19(26)22(23)28)24(32)31-13-25(33,14-31)16(2)29-17-6-4-3-5-7-17/h8-12,16-17,29-30,33H,3-7,13-14H2,1-2H3. The predicted octanol–water partition coefficient (Wildman–Crippen LogP) is 4.65. The Kier molecular flexibility index (Phi) is 6.68. The van der Waals surface area contributed by atoms with Gasteiger partial charge in [-0.1, -0.05) is 25.3 Å². The number of carbonyl (C=O) groups is 1. The lowest BCUT2D eigenvalue weighted by Gasteiger charge is -2.50. The van der Waals surface area contributed by atoms with Gasteiger partial charge >= 0.3 is 0 Å². The van der Waals surface area contributed by atoms with Crippen LogP contribution in [0, 0.1) is 24.4 Å². The highest BCUT2D eigenvalue weighted by molar-refractivity contribution is 6.01. The summed E-state index contributed by atoms with van der Waals surface area (Å²) in [4.78, 5) is 14.5. The van der Waals surface area contributed by atoms with Crippen molar-refractivity contribution in [2.24, 2.45) is 0 Å². The number of anilines is 2.